The minimum absolute atomic E-state index is 0.0737. The summed E-state index contributed by atoms with van der Waals surface area (Å²) < 4.78 is 0. The van der Waals surface area contributed by atoms with Crippen LogP contribution in [0.3, 0.4) is 0 Å². The number of amides is 8. The zero-order valence-corrected chi connectivity index (χ0v) is 40.2. The van der Waals surface area contributed by atoms with E-state index < -0.39 is 177 Å². The normalized spacial score (nSPS) is 17.2. The number of nitrogens with zero attached hydrogens (tertiary/aromatic N) is 1. The molecule has 27 nitrogen and oxygen atoms in total. The summed E-state index contributed by atoms with van der Waals surface area (Å²) in [6.45, 7) is 7.43. The average Bonchev–Trinajstić information content (AvgIpc) is 3.79. The van der Waals surface area contributed by atoms with Gasteiger partial charge in [0.05, 0.1) is 12.6 Å². The molecule has 8 amide bonds. The SMILES string of the molecule is CC[C@H](C)[C@H](NC(=O)[C@H](C)N)C(=O)N1CCC[C@H]1C(=O)N[C@H](C(=O)N[C@@H](CO)C(=O)N[C@@H](CCC(=O)O)C(=O)N[C@@H](CCC(=O)O)C(=O)N[C@@H](CCC(=O)O)C(=O)N[C@@H](CCCCN)C(=O)O)C(C)C. The molecular weight excluding hydrogens is 929 g/mol. The Labute approximate surface area is 404 Å². The Morgan fingerprint density at radius 3 is 1.40 bits per heavy atom. The molecule has 1 saturated heterocycles. The number of carboxylic acid groups (broad SMARTS) is 4. The number of rotatable bonds is 33. The lowest BCUT2D eigenvalue weighted by molar-refractivity contribution is -0.143. The van der Waals surface area contributed by atoms with Crippen LogP contribution in [0.15, 0.2) is 0 Å². The molecule has 0 radical (unpaired) electrons. The fraction of sp³-hybridized carbons (Fsp3) is 0.721. The highest BCUT2D eigenvalue weighted by molar-refractivity contribution is 5.98. The molecule has 1 aliphatic rings. The summed E-state index contributed by atoms with van der Waals surface area (Å²) >= 11 is 0. The lowest BCUT2D eigenvalue weighted by Gasteiger charge is -2.33. The zero-order chi connectivity index (χ0) is 53.4. The second-order valence-electron chi connectivity index (χ2n) is 17.5. The highest BCUT2D eigenvalue weighted by Crippen LogP contribution is 2.22. The van der Waals surface area contributed by atoms with Crippen molar-refractivity contribution < 1.29 is 83.1 Å². The third-order valence-electron chi connectivity index (χ3n) is 11.5. The monoisotopic (exact) mass is 1000 g/mol. The Kier molecular flexibility index (Phi) is 27.2. The van der Waals surface area contributed by atoms with E-state index in [1.54, 1.807) is 20.8 Å². The maximum Gasteiger partial charge on any atom is 0.326 e. The fourth-order valence-corrected chi connectivity index (χ4v) is 7.14. The van der Waals surface area contributed by atoms with Gasteiger partial charge in [-0.3, -0.25) is 52.7 Å². The molecule has 0 aromatic rings. The molecule has 16 N–H and O–H groups in total. The van der Waals surface area contributed by atoms with Crippen molar-refractivity contribution in [2.45, 2.75) is 166 Å². The van der Waals surface area contributed by atoms with Gasteiger partial charge in [0.15, 0.2) is 0 Å². The third kappa shape index (κ3) is 21.0. The van der Waals surface area contributed by atoms with Crippen LogP contribution in [0.2, 0.25) is 0 Å². The summed E-state index contributed by atoms with van der Waals surface area (Å²) in [6, 6.07) is -13.1. The number of carbonyl (C=O) groups is 12. The predicted molar refractivity (Wildman–Crippen MR) is 244 cm³/mol. The van der Waals surface area contributed by atoms with Gasteiger partial charge in [-0.1, -0.05) is 34.1 Å². The second-order valence-corrected chi connectivity index (χ2v) is 17.5. The third-order valence-corrected chi connectivity index (χ3v) is 11.5. The summed E-state index contributed by atoms with van der Waals surface area (Å²) in [5, 5.41) is 64.3. The van der Waals surface area contributed by atoms with Gasteiger partial charge in [0.2, 0.25) is 47.3 Å². The number of hydrogen-bond donors (Lipinski definition) is 14. The second kappa shape index (κ2) is 30.9. The van der Waals surface area contributed by atoms with Crippen LogP contribution in [-0.4, -0.2) is 176 Å². The number of hydrogen-bond acceptors (Lipinski definition) is 15. The van der Waals surface area contributed by atoms with Crippen molar-refractivity contribution in [3.8, 4) is 0 Å². The van der Waals surface area contributed by atoms with Crippen molar-refractivity contribution >= 4 is 71.1 Å². The van der Waals surface area contributed by atoms with Gasteiger partial charge in [-0.15, -0.1) is 0 Å². The first-order valence-corrected chi connectivity index (χ1v) is 23.2. The molecule has 0 bridgehead atoms. The number of aliphatic hydroxyl groups is 1. The van der Waals surface area contributed by atoms with Crippen LogP contribution in [0.1, 0.15) is 112 Å². The molecule has 396 valence electrons. The molecule has 0 aromatic carbocycles. The van der Waals surface area contributed by atoms with Crippen LogP contribution in [-0.2, 0) is 57.5 Å². The van der Waals surface area contributed by atoms with Gasteiger partial charge >= 0.3 is 23.9 Å². The van der Waals surface area contributed by atoms with E-state index in [-0.39, 0.29) is 38.3 Å². The average molecular weight is 1000 g/mol. The smallest absolute Gasteiger partial charge is 0.326 e. The molecule has 10 atom stereocenters. The van der Waals surface area contributed by atoms with Crippen molar-refractivity contribution in [3.63, 3.8) is 0 Å². The summed E-state index contributed by atoms with van der Waals surface area (Å²) in [7, 11) is 0. The molecule has 1 heterocycles. The first kappa shape index (κ1) is 61.5. The first-order chi connectivity index (χ1) is 32.8. The van der Waals surface area contributed by atoms with E-state index in [9.17, 15) is 83.1 Å². The van der Waals surface area contributed by atoms with Gasteiger partial charge < -0.3 is 79.1 Å². The van der Waals surface area contributed by atoms with Crippen LogP contribution in [0.4, 0.5) is 0 Å². The first-order valence-electron chi connectivity index (χ1n) is 23.2. The minimum Gasteiger partial charge on any atom is -0.481 e. The molecule has 0 saturated carbocycles. The Morgan fingerprint density at radius 2 is 1.01 bits per heavy atom. The maximum absolute atomic E-state index is 13.8. The van der Waals surface area contributed by atoms with Crippen molar-refractivity contribution in [2.75, 3.05) is 19.7 Å². The van der Waals surface area contributed by atoms with E-state index in [0.717, 1.165) is 0 Å². The van der Waals surface area contributed by atoms with E-state index in [0.29, 0.717) is 19.3 Å². The number of likely N-dealkylation sites (tertiary alicyclic amines) is 1. The standard InChI is InChI=1S/C43H72N10O17/c1-6-22(4)34(52-35(61)23(5)45)42(68)53-19-9-11-29(53)40(66)51-33(21(2)3)41(67)50-28(20-54)39(65)48-25(13-16-31(57)58)37(63)46-24(12-15-30(55)56)36(62)47-26(14-17-32(59)60)38(64)49-27(43(69)70)10-7-8-18-44/h21-29,33-34,54H,6-20,44-45H2,1-5H3,(H,46,63)(H,47,62)(H,48,65)(H,49,64)(H,50,67)(H,51,66)(H,52,61)(H,55,56)(H,57,58)(H,59,60)(H,69,70)/t22-,23-,24-,25-,26-,27-,28-,29-,33-,34-/m0/s1. The van der Waals surface area contributed by atoms with Gasteiger partial charge in [0.1, 0.15) is 48.3 Å². The highest BCUT2D eigenvalue weighted by Gasteiger charge is 2.41. The number of carbonyl (C=O) groups excluding carboxylic acids is 8. The van der Waals surface area contributed by atoms with Crippen molar-refractivity contribution in [1.29, 1.82) is 0 Å². The number of nitrogens with two attached hydrogens (primary N) is 2. The van der Waals surface area contributed by atoms with E-state index in [1.807, 2.05) is 6.92 Å². The predicted octanol–water partition coefficient (Wildman–Crippen LogP) is -3.78. The Bertz CT molecular complexity index is 1870. The fourth-order valence-electron chi connectivity index (χ4n) is 7.14. The van der Waals surface area contributed by atoms with Gasteiger partial charge in [0, 0.05) is 25.8 Å². The zero-order valence-electron chi connectivity index (χ0n) is 40.2. The summed E-state index contributed by atoms with van der Waals surface area (Å²) in [5.74, 6) is -14.4. The molecule has 1 rings (SSSR count). The Morgan fingerprint density at radius 1 is 0.571 bits per heavy atom. The van der Waals surface area contributed by atoms with Crippen LogP contribution >= 0.6 is 0 Å². The molecule has 27 heteroatoms. The molecule has 70 heavy (non-hydrogen) atoms. The summed E-state index contributed by atoms with van der Waals surface area (Å²) in [4.78, 5) is 156. The summed E-state index contributed by atoms with van der Waals surface area (Å²) in [6.07, 6.45) is -2.40. The van der Waals surface area contributed by atoms with Crippen LogP contribution in [0.25, 0.3) is 0 Å². The molecule has 1 fully saturated rings. The lowest BCUT2D eigenvalue weighted by atomic mass is 9.97. The minimum atomic E-state index is -1.84. The van der Waals surface area contributed by atoms with Gasteiger partial charge in [0.25, 0.3) is 0 Å². The van der Waals surface area contributed by atoms with E-state index in [4.69, 9.17) is 11.5 Å². The van der Waals surface area contributed by atoms with Crippen molar-refractivity contribution in [1.82, 2.24) is 42.1 Å². The topological polar surface area (TPSA) is 445 Å². The number of carboxylic acids is 4. The van der Waals surface area contributed by atoms with Crippen molar-refractivity contribution in [2.24, 2.45) is 23.3 Å². The number of aliphatic hydroxyl groups excluding tert-OH is 1. The molecule has 0 unspecified atom stereocenters. The molecule has 0 spiro atoms. The Hall–Kier alpha value is -6.48. The van der Waals surface area contributed by atoms with Gasteiger partial charge in [-0.25, -0.2) is 4.79 Å². The van der Waals surface area contributed by atoms with Crippen molar-refractivity contribution in [3.05, 3.63) is 0 Å². The van der Waals surface area contributed by atoms with E-state index in [1.165, 1.54) is 11.8 Å². The molecular formula is C43H72N10O17. The van der Waals surface area contributed by atoms with Crippen LogP contribution in [0, 0.1) is 11.8 Å². The highest BCUT2D eigenvalue weighted by atomic mass is 16.4. The van der Waals surface area contributed by atoms with Crippen LogP contribution in [0.5, 0.6) is 0 Å². The molecule has 0 aromatic heterocycles. The maximum atomic E-state index is 13.8. The van der Waals surface area contributed by atoms with Gasteiger partial charge in [-0.05, 0) is 76.7 Å². The number of nitrogens with one attached hydrogen (secondary N) is 7. The Balaban J connectivity index is 3.35. The van der Waals surface area contributed by atoms with Crippen LogP contribution < -0.4 is 48.7 Å². The van der Waals surface area contributed by atoms with E-state index >= 15 is 0 Å². The molecule has 0 aliphatic carbocycles. The quantitative estimate of drug-likeness (QED) is 0.0281. The molecule has 1 aliphatic heterocycles. The number of unbranched alkanes of at least 4 members (excludes halogenated alkanes) is 1. The number of aliphatic carboxylic acids is 4. The van der Waals surface area contributed by atoms with Gasteiger partial charge in [-0.2, -0.15) is 0 Å². The van der Waals surface area contributed by atoms with E-state index in [2.05, 4.69) is 37.2 Å². The summed E-state index contributed by atoms with van der Waals surface area (Å²) in [5.41, 5.74) is 11.2. The lowest BCUT2D eigenvalue weighted by Crippen LogP contribution is -2.61. The largest absolute Gasteiger partial charge is 0.481 e.